The zero-order valence-electron chi connectivity index (χ0n) is 13.0. The van der Waals surface area contributed by atoms with Gasteiger partial charge in [-0.2, -0.15) is 0 Å². The second-order valence-electron chi connectivity index (χ2n) is 5.90. The summed E-state index contributed by atoms with van der Waals surface area (Å²) in [5, 5.41) is 6.23. The van der Waals surface area contributed by atoms with Crippen molar-refractivity contribution in [2.75, 3.05) is 12.4 Å². The summed E-state index contributed by atoms with van der Waals surface area (Å²) in [6.07, 6.45) is 6.45. The van der Waals surface area contributed by atoms with Crippen LogP contribution in [0.3, 0.4) is 0 Å². The van der Waals surface area contributed by atoms with Gasteiger partial charge in [0.2, 0.25) is 5.95 Å². The van der Waals surface area contributed by atoms with Crippen molar-refractivity contribution in [3.05, 3.63) is 10.9 Å². The van der Waals surface area contributed by atoms with Gasteiger partial charge < -0.3 is 5.32 Å². The highest BCUT2D eigenvalue weighted by Gasteiger charge is 2.22. The number of thiophene rings is 1. The summed E-state index contributed by atoms with van der Waals surface area (Å²) in [4.78, 5) is 11.9. The van der Waals surface area contributed by atoms with Gasteiger partial charge in [-0.3, -0.25) is 0 Å². The quantitative estimate of drug-likeness (QED) is 0.807. The van der Waals surface area contributed by atoms with Gasteiger partial charge in [-0.1, -0.05) is 26.7 Å². The summed E-state index contributed by atoms with van der Waals surface area (Å²) in [7, 11) is 1.90. The van der Waals surface area contributed by atoms with Crippen LogP contribution in [0.1, 0.15) is 44.4 Å². The largest absolute Gasteiger partial charge is 0.357 e. The molecule has 0 spiro atoms. The summed E-state index contributed by atoms with van der Waals surface area (Å²) >= 11 is 3.77. The molecule has 0 aliphatic heterocycles. The Hall–Kier alpha value is -0.810. The van der Waals surface area contributed by atoms with E-state index in [1.165, 1.54) is 41.0 Å². The lowest BCUT2D eigenvalue weighted by Crippen LogP contribution is -2.15. The molecular formula is C16H23N3S2. The Morgan fingerprint density at radius 1 is 1.38 bits per heavy atom. The lowest BCUT2D eigenvalue weighted by molar-refractivity contribution is 0.394. The molecule has 0 amide bonds. The highest BCUT2D eigenvalue weighted by atomic mass is 32.2. The second-order valence-corrected chi connectivity index (χ2v) is 8.30. The highest BCUT2D eigenvalue weighted by molar-refractivity contribution is 8.00. The molecule has 0 bridgehead atoms. The number of hydrogen-bond donors (Lipinski definition) is 1. The third kappa shape index (κ3) is 3.34. The van der Waals surface area contributed by atoms with Crippen molar-refractivity contribution < 1.29 is 0 Å². The van der Waals surface area contributed by atoms with E-state index in [9.17, 15) is 0 Å². The molecule has 2 heterocycles. The fourth-order valence-corrected chi connectivity index (χ4v) is 5.44. The molecular weight excluding hydrogens is 298 g/mol. The predicted octanol–water partition coefficient (Wildman–Crippen LogP) is 4.97. The molecule has 0 saturated heterocycles. The Balaban J connectivity index is 1.93. The highest BCUT2D eigenvalue weighted by Crippen LogP contribution is 2.39. The van der Waals surface area contributed by atoms with Crippen molar-refractivity contribution in [3.8, 4) is 0 Å². The van der Waals surface area contributed by atoms with Gasteiger partial charge >= 0.3 is 0 Å². The monoisotopic (exact) mass is 321 g/mol. The van der Waals surface area contributed by atoms with Crippen LogP contribution >= 0.6 is 23.1 Å². The maximum atomic E-state index is 4.73. The first-order valence-electron chi connectivity index (χ1n) is 7.84. The number of nitrogens with one attached hydrogen (secondary N) is 1. The first kappa shape index (κ1) is 15.1. The van der Waals surface area contributed by atoms with E-state index < -0.39 is 0 Å². The van der Waals surface area contributed by atoms with E-state index in [1.54, 1.807) is 11.3 Å². The van der Waals surface area contributed by atoms with Gasteiger partial charge in [0.15, 0.2) is 0 Å². The van der Waals surface area contributed by atoms with Crippen LogP contribution in [0, 0.1) is 5.92 Å². The van der Waals surface area contributed by atoms with Crippen LogP contribution in [0.4, 0.5) is 5.95 Å². The molecule has 114 valence electrons. The van der Waals surface area contributed by atoms with E-state index in [-0.39, 0.29) is 0 Å². The first-order chi connectivity index (χ1) is 10.2. The standard InChI is InChI=1S/C16H23N3S2/c1-4-11-9-13-14(20-11)18-16(17-3)19-15(13)21-12-7-5-6-10(2)8-12/h9-10,12H,4-8H2,1-3H3,(H,17,18,19). The number of nitrogens with zero attached hydrogens (tertiary/aromatic N) is 2. The van der Waals surface area contributed by atoms with Crippen molar-refractivity contribution in [2.24, 2.45) is 5.92 Å². The van der Waals surface area contributed by atoms with Gasteiger partial charge in [0.05, 0.1) is 0 Å². The number of fused-ring (bicyclic) bond motifs is 1. The van der Waals surface area contributed by atoms with Gasteiger partial charge in [-0.05, 0) is 31.2 Å². The van der Waals surface area contributed by atoms with Crippen LogP contribution in [0.15, 0.2) is 11.1 Å². The minimum atomic E-state index is 0.710. The number of anilines is 1. The molecule has 3 rings (SSSR count). The smallest absolute Gasteiger partial charge is 0.224 e. The fourth-order valence-electron chi connectivity index (χ4n) is 2.96. The van der Waals surface area contributed by atoms with Gasteiger partial charge in [-0.25, -0.2) is 9.97 Å². The Labute approximate surface area is 135 Å². The average molecular weight is 322 g/mol. The van der Waals surface area contributed by atoms with Crippen molar-refractivity contribution in [1.82, 2.24) is 9.97 Å². The molecule has 1 aliphatic rings. The molecule has 2 unspecified atom stereocenters. The molecule has 5 heteroatoms. The minimum Gasteiger partial charge on any atom is -0.357 e. The number of thioether (sulfide) groups is 1. The van der Waals surface area contributed by atoms with Gasteiger partial charge in [-0.15, -0.1) is 23.1 Å². The Kier molecular flexibility index (Phi) is 4.69. The number of aromatic nitrogens is 2. The van der Waals surface area contributed by atoms with E-state index in [1.807, 2.05) is 18.8 Å². The Bertz CT molecular complexity index is 623. The molecule has 0 radical (unpaired) electrons. The van der Waals surface area contributed by atoms with Gasteiger partial charge in [0.25, 0.3) is 0 Å². The number of aryl methyl sites for hydroxylation is 1. The second kappa shape index (κ2) is 6.53. The summed E-state index contributed by atoms with van der Waals surface area (Å²) in [6, 6.07) is 2.29. The van der Waals surface area contributed by atoms with Crippen LogP contribution in [0.5, 0.6) is 0 Å². The maximum Gasteiger partial charge on any atom is 0.224 e. The van der Waals surface area contributed by atoms with Gasteiger partial charge in [0.1, 0.15) is 9.86 Å². The van der Waals surface area contributed by atoms with Gasteiger partial charge in [0, 0.05) is 22.6 Å². The predicted molar refractivity (Wildman–Crippen MR) is 93.6 cm³/mol. The van der Waals surface area contributed by atoms with Crippen molar-refractivity contribution in [2.45, 2.75) is 56.2 Å². The molecule has 3 nitrogen and oxygen atoms in total. The SMILES string of the molecule is CCc1cc2c(SC3CCCC(C)C3)nc(NC)nc2s1. The van der Waals surface area contributed by atoms with Crippen LogP contribution in [0.25, 0.3) is 10.2 Å². The summed E-state index contributed by atoms with van der Waals surface area (Å²) in [6.45, 7) is 4.58. The zero-order chi connectivity index (χ0) is 14.8. The third-order valence-electron chi connectivity index (χ3n) is 4.15. The molecule has 0 aromatic carbocycles. The topological polar surface area (TPSA) is 37.8 Å². The first-order valence-corrected chi connectivity index (χ1v) is 9.54. The molecule has 1 aliphatic carbocycles. The maximum absolute atomic E-state index is 4.73. The third-order valence-corrected chi connectivity index (χ3v) is 6.62. The molecule has 1 saturated carbocycles. The van der Waals surface area contributed by atoms with Crippen molar-refractivity contribution >= 4 is 39.3 Å². The molecule has 1 N–H and O–H groups in total. The minimum absolute atomic E-state index is 0.710. The van der Waals surface area contributed by atoms with E-state index in [0.29, 0.717) is 5.25 Å². The van der Waals surface area contributed by atoms with E-state index >= 15 is 0 Å². The number of hydrogen-bond acceptors (Lipinski definition) is 5. The number of rotatable bonds is 4. The molecule has 2 atom stereocenters. The van der Waals surface area contributed by atoms with E-state index in [4.69, 9.17) is 4.98 Å². The van der Waals surface area contributed by atoms with Crippen LogP contribution in [-0.2, 0) is 6.42 Å². The van der Waals surface area contributed by atoms with Crippen LogP contribution in [0.2, 0.25) is 0 Å². The van der Waals surface area contributed by atoms with Crippen LogP contribution in [-0.4, -0.2) is 22.3 Å². The summed E-state index contributed by atoms with van der Waals surface area (Å²) in [5.74, 6) is 1.60. The van der Waals surface area contributed by atoms with Crippen molar-refractivity contribution in [3.63, 3.8) is 0 Å². The average Bonchev–Trinajstić information content (AvgIpc) is 2.90. The normalized spacial score (nSPS) is 22.6. The zero-order valence-corrected chi connectivity index (χ0v) is 14.6. The lowest BCUT2D eigenvalue weighted by Gasteiger charge is -2.26. The van der Waals surface area contributed by atoms with E-state index in [0.717, 1.165) is 23.1 Å². The Morgan fingerprint density at radius 3 is 2.95 bits per heavy atom. The molecule has 2 aromatic rings. The fraction of sp³-hybridized carbons (Fsp3) is 0.625. The van der Waals surface area contributed by atoms with E-state index in [2.05, 4.69) is 30.2 Å². The summed E-state index contributed by atoms with van der Waals surface area (Å²) in [5.41, 5.74) is 0. The lowest BCUT2D eigenvalue weighted by atomic mass is 9.91. The Morgan fingerprint density at radius 2 is 2.24 bits per heavy atom. The summed E-state index contributed by atoms with van der Waals surface area (Å²) < 4.78 is 0. The molecule has 1 fully saturated rings. The van der Waals surface area contributed by atoms with Crippen LogP contribution < -0.4 is 5.32 Å². The molecule has 21 heavy (non-hydrogen) atoms. The van der Waals surface area contributed by atoms with Crippen molar-refractivity contribution in [1.29, 1.82) is 0 Å². The molecule has 2 aromatic heterocycles.